The molecule has 0 spiro atoms. The lowest BCUT2D eigenvalue weighted by Gasteiger charge is -2.24. The Labute approximate surface area is 89.1 Å². The van der Waals surface area contributed by atoms with E-state index in [1.165, 1.54) is 7.11 Å². The van der Waals surface area contributed by atoms with Crippen LogP contribution in [0.5, 0.6) is 0 Å². The second-order valence-corrected chi connectivity index (χ2v) is 4.11. The lowest BCUT2D eigenvalue weighted by molar-refractivity contribution is -0.150. The SMILES string of the molecule is COC(=O)C(C)(C)NC(=O)C1CCCO1. The molecule has 1 unspecified atom stereocenters. The van der Waals surface area contributed by atoms with E-state index in [0.717, 1.165) is 6.42 Å². The van der Waals surface area contributed by atoms with Crippen LogP contribution in [0.1, 0.15) is 26.7 Å². The number of amides is 1. The predicted molar refractivity (Wildman–Crippen MR) is 53.2 cm³/mol. The summed E-state index contributed by atoms with van der Waals surface area (Å²) in [4.78, 5) is 22.9. The zero-order chi connectivity index (χ0) is 11.5. The Morgan fingerprint density at radius 2 is 2.13 bits per heavy atom. The van der Waals surface area contributed by atoms with Crippen LogP contribution in [-0.2, 0) is 19.1 Å². The quantitative estimate of drug-likeness (QED) is 0.685. The molecule has 0 radical (unpaired) electrons. The van der Waals surface area contributed by atoms with Gasteiger partial charge in [0.25, 0.3) is 0 Å². The fourth-order valence-corrected chi connectivity index (χ4v) is 1.48. The van der Waals surface area contributed by atoms with Crippen molar-refractivity contribution in [3.63, 3.8) is 0 Å². The Kier molecular flexibility index (Phi) is 3.68. The summed E-state index contributed by atoms with van der Waals surface area (Å²) >= 11 is 0. The Balaban J connectivity index is 2.52. The normalized spacial score (nSPS) is 21.1. The summed E-state index contributed by atoms with van der Waals surface area (Å²) in [6, 6.07) is 0. The van der Waals surface area contributed by atoms with Gasteiger partial charge in [-0.2, -0.15) is 0 Å². The lowest BCUT2D eigenvalue weighted by atomic mass is 10.1. The molecule has 0 aromatic rings. The molecule has 5 nitrogen and oxygen atoms in total. The fourth-order valence-electron chi connectivity index (χ4n) is 1.48. The largest absolute Gasteiger partial charge is 0.467 e. The van der Waals surface area contributed by atoms with Gasteiger partial charge in [0, 0.05) is 6.61 Å². The number of hydrogen-bond acceptors (Lipinski definition) is 4. The molecular weight excluding hydrogens is 198 g/mol. The second kappa shape index (κ2) is 4.61. The van der Waals surface area contributed by atoms with Crippen molar-refractivity contribution in [3.05, 3.63) is 0 Å². The minimum atomic E-state index is -1.00. The molecule has 0 bridgehead atoms. The van der Waals surface area contributed by atoms with Gasteiger partial charge in [-0.05, 0) is 26.7 Å². The first-order chi connectivity index (χ1) is 6.97. The molecule has 1 aliphatic rings. The maximum atomic E-state index is 11.6. The van der Waals surface area contributed by atoms with E-state index in [2.05, 4.69) is 10.1 Å². The van der Waals surface area contributed by atoms with E-state index in [9.17, 15) is 9.59 Å². The van der Waals surface area contributed by atoms with Crippen molar-refractivity contribution in [2.75, 3.05) is 13.7 Å². The van der Waals surface area contributed by atoms with Gasteiger partial charge >= 0.3 is 5.97 Å². The topological polar surface area (TPSA) is 64.6 Å². The Hall–Kier alpha value is -1.10. The molecule has 0 aromatic carbocycles. The minimum Gasteiger partial charge on any atom is -0.467 e. The molecule has 0 aromatic heterocycles. The Morgan fingerprint density at radius 1 is 1.47 bits per heavy atom. The van der Waals surface area contributed by atoms with Gasteiger partial charge in [0.1, 0.15) is 11.6 Å². The smallest absolute Gasteiger partial charge is 0.330 e. The summed E-state index contributed by atoms with van der Waals surface area (Å²) in [6.45, 7) is 3.81. The number of carbonyl (C=O) groups excluding carboxylic acids is 2. The van der Waals surface area contributed by atoms with Crippen LogP contribution in [0.4, 0.5) is 0 Å². The predicted octanol–water partition coefficient (Wildman–Crippen LogP) is 0.233. The molecule has 1 atom stereocenters. The van der Waals surface area contributed by atoms with Crippen LogP contribution in [-0.4, -0.2) is 37.2 Å². The molecule has 5 heteroatoms. The third-order valence-corrected chi connectivity index (χ3v) is 2.35. The van der Waals surface area contributed by atoms with Gasteiger partial charge < -0.3 is 14.8 Å². The maximum absolute atomic E-state index is 11.6. The third-order valence-electron chi connectivity index (χ3n) is 2.35. The molecule has 1 heterocycles. The van der Waals surface area contributed by atoms with Crippen molar-refractivity contribution < 1.29 is 19.1 Å². The van der Waals surface area contributed by atoms with Crippen molar-refractivity contribution in [1.29, 1.82) is 0 Å². The zero-order valence-corrected chi connectivity index (χ0v) is 9.33. The maximum Gasteiger partial charge on any atom is 0.330 e. The van der Waals surface area contributed by atoms with Gasteiger partial charge in [0.15, 0.2) is 0 Å². The van der Waals surface area contributed by atoms with E-state index in [0.29, 0.717) is 13.0 Å². The molecule has 0 saturated carbocycles. The molecule has 0 aliphatic carbocycles. The molecule has 1 fully saturated rings. The van der Waals surface area contributed by atoms with Crippen LogP contribution in [0.2, 0.25) is 0 Å². The summed E-state index contributed by atoms with van der Waals surface area (Å²) in [5.41, 5.74) is -1.00. The van der Waals surface area contributed by atoms with Gasteiger partial charge in [-0.25, -0.2) is 4.79 Å². The van der Waals surface area contributed by atoms with E-state index in [1.54, 1.807) is 13.8 Å². The number of carbonyl (C=O) groups is 2. The highest BCUT2D eigenvalue weighted by molar-refractivity contribution is 5.89. The van der Waals surface area contributed by atoms with Gasteiger partial charge in [-0.15, -0.1) is 0 Å². The summed E-state index contributed by atoms with van der Waals surface area (Å²) < 4.78 is 9.79. The minimum absolute atomic E-state index is 0.247. The van der Waals surface area contributed by atoms with Crippen LogP contribution in [0.25, 0.3) is 0 Å². The summed E-state index contributed by atoms with van der Waals surface area (Å²) in [5.74, 6) is -0.711. The molecule has 1 rings (SSSR count). The van der Waals surface area contributed by atoms with Crippen molar-refractivity contribution in [2.24, 2.45) is 0 Å². The summed E-state index contributed by atoms with van der Waals surface area (Å²) in [7, 11) is 1.29. The van der Waals surface area contributed by atoms with E-state index in [1.807, 2.05) is 0 Å². The number of methoxy groups -OCH3 is 1. The Bertz CT molecular complexity index is 256. The average molecular weight is 215 g/mol. The number of ether oxygens (including phenoxy) is 2. The molecule has 15 heavy (non-hydrogen) atoms. The molecule has 1 aliphatic heterocycles. The first kappa shape index (κ1) is 12.0. The molecule has 86 valence electrons. The van der Waals surface area contributed by atoms with Gasteiger partial charge in [0.2, 0.25) is 5.91 Å². The second-order valence-electron chi connectivity index (χ2n) is 4.11. The summed E-state index contributed by atoms with van der Waals surface area (Å²) in [5, 5.41) is 2.61. The highest BCUT2D eigenvalue weighted by Gasteiger charge is 2.34. The average Bonchev–Trinajstić information content (AvgIpc) is 2.68. The molecule has 1 N–H and O–H groups in total. The van der Waals surface area contributed by atoms with Gasteiger partial charge in [-0.1, -0.05) is 0 Å². The molecule has 1 amide bonds. The van der Waals surface area contributed by atoms with E-state index < -0.39 is 17.6 Å². The zero-order valence-electron chi connectivity index (χ0n) is 9.33. The van der Waals surface area contributed by atoms with Crippen LogP contribution in [0.3, 0.4) is 0 Å². The number of rotatable bonds is 3. The lowest BCUT2D eigenvalue weighted by Crippen LogP contribution is -2.53. The fraction of sp³-hybridized carbons (Fsp3) is 0.800. The third kappa shape index (κ3) is 2.92. The monoisotopic (exact) mass is 215 g/mol. The van der Waals surface area contributed by atoms with Crippen molar-refractivity contribution in [2.45, 2.75) is 38.3 Å². The number of esters is 1. The van der Waals surface area contributed by atoms with Crippen molar-refractivity contribution >= 4 is 11.9 Å². The molecular formula is C10H17NO4. The van der Waals surface area contributed by atoms with Crippen molar-refractivity contribution in [1.82, 2.24) is 5.32 Å². The van der Waals surface area contributed by atoms with E-state index in [-0.39, 0.29) is 5.91 Å². The number of nitrogens with one attached hydrogen (secondary N) is 1. The highest BCUT2D eigenvalue weighted by Crippen LogP contribution is 2.14. The Morgan fingerprint density at radius 3 is 2.60 bits per heavy atom. The molecule has 1 saturated heterocycles. The van der Waals surface area contributed by atoms with Crippen LogP contribution in [0, 0.1) is 0 Å². The van der Waals surface area contributed by atoms with Crippen LogP contribution >= 0.6 is 0 Å². The van der Waals surface area contributed by atoms with Gasteiger partial charge in [-0.3, -0.25) is 4.79 Å². The first-order valence-corrected chi connectivity index (χ1v) is 4.99. The van der Waals surface area contributed by atoms with Crippen molar-refractivity contribution in [3.8, 4) is 0 Å². The number of hydrogen-bond donors (Lipinski definition) is 1. The van der Waals surface area contributed by atoms with E-state index in [4.69, 9.17) is 4.74 Å². The van der Waals surface area contributed by atoms with Crippen LogP contribution < -0.4 is 5.32 Å². The van der Waals surface area contributed by atoms with Crippen LogP contribution in [0.15, 0.2) is 0 Å². The van der Waals surface area contributed by atoms with Gasteiger partial charge in [0.05, 0.1) is 7.11 Å². The first-order valence-electron chi connectivity index (χ1n) is 4.99. The highest BCUT2D eigenvalue weighted by atomic mass is 16.5. The standard InChI is InChI=1S/C10H17NO4/c1-10(2,9(13)14-3)11-8(12)7-5-4-6-15-7/h7H,4-6H2,1-3H3,(H,11,12). The summed E-state index contributed by atoms with van der Waals surface area (Å²) in [6.07, 6.45) is 1.17. The van der Waals surface area contributed by atoms with E-state index >= 15 is 0 Å².